The topological polar surface area (TPSA) is 64.9 Å². The van der Waals surface area contributed by atoms with Gasteiger partial charge >= 0.3 is 0 Å². The summed E-state index contributed by atoms with van der Waals surface area (Å²) in [5.41, 5.74) is 14.8. The zero-order chi connectivity index (χ0) is 13.3. The lowest BCUT2D eigenvalue weighted by Gasteiger charge is -2.17. The molecule has 4 N–H and O–H groups in total. The minimum atomic E-state index is -0.367. The third-order valence-electron chi connectivity index (χ3n) is 2.85. The van der Waals surface area contributed by atoms with Gasteiger partial charge in [0.1, 0.15) is 5.82 Å². The fraction of sp³-hybridized carbons (Fsp3) is 0.154. The summed E-state index contributed by atoms with van der Waals surface area (Å²) in [6, 6.07) is 6.82. The molecule has 0 radical (unpaired) electrons. The van der Waals surface area contributed by atoms with Crippen molar-refractivity contribution in [1.29, 1.82) is 0 Å². The van der Waals surface area contributed by atoms with Crippen LogP contribution in [-0.2, 0) is 0 Å². The summed E-state index contributed by atoms with van der Waals surface area (Å²) < 4.78 is 0. The van der Waals surface area contributed by atoms with E-state index in [1.54, 1.807) is 18.3 Å². The Hall–Kier alpha value is -1.29. The number of nitrogens with zero attached hydrogens (tertiary/aromatic N) is 1. The summed E-state index contributed by atoms with van der Waals surface area (Å²) in [7, 11) is 0. The average molecular weight is 282 g/mol. The molecule has 1 aromatic heterocycles. The molecule has 0 fully saturated rings. The summed E-state index contributed by atoms with van der Waals surface area (Å²) >= 11 is 11.9. The molecule has 2 aromatic rings. The molecule has 5 heteroatoms. The van der Waals surface area contributed by atoms with Gasteiger partial charge in [0.15, 0.2) is 0 Å². The number of benzene rings is 1. The Morgan fingerprint density at radius 2 is 1.89 bits per heavy atom. The Balaban J connectivity index is 2.48. The molecule has 0 saturated carbocycles. The number of hydrogen-bond acceptors (Lipinski definition) is 3. The molecular formula is C13H13Cl2N3. The largest absolute Gasteiger partial charge is 0.383 e. The second-order valence-corrected chi connectivity index (χ2v) is 4.89. The molecule has 18 heavy (non-hydrogen) atoms. The first-order chi connectivity index (χ1) is 8.50. The number of anilines is 1. The number of halogens is 2. The van der Waals surface area contributed by atoms with Gasteiger partial charge in [0.25, 0.3) is 0 Å². The van der Waals surface area contributed by atoms with Gasteiger partial charge in [-0.05, 0) is 36.2 Å². The van der Waals surface area contributed by atoms with E-state index in [0.717, 1.165) is 16.7 Å². The van der Waals surface area contributed by atoms with E-state index in [0.29, 0.717) is 15.9 Å². The van der Waals surface area contributed by atoms with Crippen LogP contribution >= 0.6 is 23.2 Å². The minimum absolute atomic E-state index is 0.367. The Morgan fingerprint density at radius 3 is 2.50 bits per heavy atom. The first-order valence-electron chi connectivity index (χ1n) is 5.42. The third kappa shape index (κ3) is 2.43. The minimum Gasteiger partial charge on any atom is -0.383 e. The van der Waals surface area contributed by atoms with Crippen LogP contribution in [0.1, 0.15) is 22.7 Å². The van der Waals surface area contributed by atoms with Crippen molar-refractivity contribution in [2.45, 2.75) is 13.0 Å². The number of nitrogen functional groups attached to an aromatic ring is 1. The maximum atomic E-state index is 6.22. The fourth-order valence-corrected chi connectivity index (χ4v) is 2.17. The standard InChI is InChI=1S/C13H13Cl2N3/c1-7-4-5-18-13(17)11(7)12(16)8-2-3-9(14)10(15)6-8/h2-6,12H,16H2,1H3,(H2,17,18). The first kappa shape index (κ1) is 13.1. The Morgan fingerprint density at radius 1 is 1.17 bits per heavy atom. The van der Waals surface area contributed by atoms with Crippen molar-refractivity contribution in [3.63, 3.8) is 0 Å². The van der Waals surface area contributed by atoms with Crippen molar-refractivity contribution in [3.8, 4) is 0 Å². The van der Waals surface area contributed by atoms with E-state index in [-0.39, 0.29) is 6.04 Å². The maximum Gasteiger partial charge on any atom is 0.128 e. The van der Waals surface area contributed by atoms with Crippen LogP contribution in [0.4, 0.5) is 5.82 Å². The van der Waals surface area contributed by atoms with Crippen LogP contribution in [0.25, 0.3) is 0 Å². The van der Waals surface area contributed by atoms with Gasteiger partial charge in [0.2, 0.25) is 0 Å². The predicted octanol–water partition coefficient (Wildman–Crippen LogP) is 3.33. The molecule has 1 aromatic carbocycles. The van der Waals surface area contributed by atoms with Gasteiger partial charge in [0, 0.05) is 11.8 Å². The summed E-state index contributed by atoms with van der Waals surface area (Å²) in [5, 5.41) is 0.980. The number of nitrogens with two attached hydrogens (primary N) is 2. The van der Waals surface area contributed by atoms with Crippen molar-refractivity contribution in [3.05, 3.63) is 57.2 Å². The van der Waals surface area contributed by atoms with Crippen LogP contribution in [0.15, 0.2) is 30.5 Å². The molecular weight excluding hydrogens is 269 g/mol. The van der Waals surface area contributed by atoms with Gasteiger partial charge in [-0.1, -0.05) is 29.3 Å². The molecule has 1 heterocycles. The summed E-state index contributed by atoms with van der Waals surface area (Å²) in [6.45, 7) is 1.95. The lowest BCUT2D eigenvalue weighted by molar-refractivity contribution is 0.857. The van der Waals surface area contributed by atoms with E-state index in [1.165, 1.54) is 0 Å². The molecule has 0 amide bonds. The first-order valence-corrected chi connectivity index (χ1v) is 6.18. The van der Waals surface area contributed by atoms with Gasteiger partial charge in [0.05, 0.1) is 16.1 Å². The number of aryl methyl sites for hydroxylation is 1. The quantitative estimate of drug-likeness (QED) is 0.888. The van der Waals surface area contributed by atoms with Crippen LogP contribution < -0.4 is 11.5 Å². The van der Waals surface area contributed by atoms with Crippen molar-refractivity contribution in [2.75, 3.05) is 5.73 Å². The van der Waals surface area contributed by atoms with Crippen LogP contribution in [0.5, 0.6) is 0 Å². The number of hydrogen-bond donors (Lipinski definition) is 2. The van der Waals surface area contributed by atoms with Gasteiger partial charge < -0.3 is 11.5 Å². The maximum absolute atomic E-state index is 6.22. The number of aromatic nitrogens is 1. The molecule has 0 bridgehead atoms. The molecule has 0 aliphatic heterocycles. The monoisotopic (exact) mass is 281 g/mol. The number of rotatable bonds is 2. The van der Waals surface area contributed by atoms with Crippen LogP contribution in [-0.4, -0.2) is 4.98 Å². The van der Waals surface area contributed by atoms with Gasteiger partial charge in [-0.2, -0.15) is 0 Å². The molecule has 1 atom stereocenters. The lowest BCUT2D eigenvalue weighted by atomic mass is 9.96. The van der Waals surface area contributed by atoms with E-state index in [2.05, 4.69) is 4.98 Å². The molecule has 0 spiro atoms. The SMILES string of the molecule is Cc1ccnc(N)c1C(N)c1ccc(Cl)c(Cl)c1. The Kier molecular flexibility index (Phi) is 3.76. The highest BCUT2D eigenvalue weighted by atomic mass is 35.5. The third-order valence-corrected chi connectivity index (χ3v) is 3.59. The summed E-state index contributed by atoms with van der Waals surface area (Å²) in [4.78, 5) is 4.07. The lowest BCUT2D eigenvalue weighted by Crippen LogP contribution is -2.16. The summed E-state index contributed by atoms with van der Waals surface area (Å²) in [6.07, 6.45) is 1.66. The molecule has 0 aliphatic rings. The zero-order valence-corrected chi connectivity index (χ0v) is 11.3. The van der Waals surface area contributed by atoms with Crippen molar-refractivity contribution in [2.24, 2.45) is 5.73 Å². The van der Waals surface area contributed by atoms with E-state index < -0.39 is 0 Å². The van der Waals surface area contributed by atoms with Crippen molar-refractivity contribution >= 4 is 29.0 Å². The predicted molar refractivity (Wildman–Crippen MR) is 75.9 cm³/mol. The Bertz CT molecular complexity index is 564. The second-order valence-electron chi connectivity index (χ2n) is 4.08. The molecule has 94 valence electrons. The van der Waals surface area contributed by atoms with Gasteiger partial charge in [-0.3, -0.25) is 0 Å². The highest BCUT2D eigenvalue weighted by molar-refractivity contribution is 6.42. The highest BCUT2D eigenvalue weighted by Gasteiger charge is 2.16. The highest BCUT2D eigenvalue weighted by Crippen LogP contribution is 2.30. The zero-order valence-electron chi connectivity index (χ0n) is 9.82. The molecule has 0 saturated heterocycles. The van der Waals surface area contributed by atoms with Crippen LogP contribution in [0.2, 0.25) is 10.0 Å². The fourth-order valence-electron chi connectivity index (χ4n) is 1.87. The smallest absolute Gasteiger partial charge is 0.128 e. The van der Waals surface area contributed by atoms with E-state index in [1.807, 2.05) is 19.1 Å². The Labute approximate surface area is 116 Å². The molecule has 3 nitrogen and oxygen atoms in total. The molecule has 1 unspecified atom stereocenters. The van der Waals surface area contributed by atoms with Crippen molar-refractivity contribution < 1.29 is 0 Å². The van der Waals surface area contributed by atoms with Gasteiger partial charge in [-0.15, -0.1) is 0 Å². The van der Waals surface area contributed by atoms with Gasteiger partial charge in [-0.25, -0.2) is 4.98 Å². The molecule has 0 aliphatic carbocycles. The van der Waals surface area contributed by atoms with Crippen molar-refractivity contribution in [1.82, 2.24) is 4.98 Å². The van der Waals surface area contributed by atoms with E-state index in [9.17, 15) is 0 Å². The van der Waals surface area contributed by atoms with Crippen LogP contribution in [0.3, 0.4) is 0 Å². The summed E-state index contributed by atoms with van der Waals surface area (Å²) in [5.74, 6) is 0.438. The van der Waals surface area contributed by atoms with E-state index in [4.69, 9.17) is 34.7 Å². The van der Waals surface area contributed by atoms with Crippen LogP contribution in [0, 0.1) is 6.92 Å². The normalized spacial score (nSPS) is 12.4. The average Bonchev–Trinajstić information content (AvgIpc) is 2.32. The molecule has 2 rings (SSSR count). The second kappa shape index (κ2) is 5.14. The number of pyridine rings is 1. The van der Waals surface area contributed by atoms with E-state index >= 15 is 0 Å².